The normalized spacial score (nSPS) is 20.1. The largest absolute Gasteiger partial charge is 0.481 e. The number of pyridine rings is 1. The molecule has 0 aliphatic carbocycles. The minimum Gasteiger partial charge on any atom is -0.481 e. The Morgan fingerprint density at radius 1 is 1.00 bits per heavy atom. The Bertz CT molecular complexity index is 1350. The van der Waals surface area contributed by atoms with E-state index >= 15 is 0 Å². The molecule has 4 aromatic rings. The second-order valence-electron chi connectivity index (χ2n) is 9.35. The second kappa shape index (κ2) is 8.06. The molecule has 2 saturated heterocycles. The maximum atomic E-state index is 13.6. The number of likely N-dealkylation sites (tertiary alicyclic amines) is 1. The Kier molecular flexibility index (Phi) is 4.99. The molecule has 0 saturated carbocycles. The molecule has 0 amide bonds. The van der Waals surface area contributed by atoms with Gasteiger partial charge in [-0.25, -0.2) is 18.9 Å². The summed E-state index contributed by atoms with van der Waals surface area (Å²) in [4.78, 5) is 14.2. The predicted molar refractivity (Wildman–Crippen MR) is 130 cm³/mol. The van der Waals surface area contributed by atoms with Gasteiger partial charge < -0.3 is 9.64 Å². The monoisotopic (exact) mass is 458 g/mol. The molecule has 0 N–H and O–H groups in total. The lowest BCUT2D eigenvalue weighted by atomic mass is 10.1. The number of imidazole rings is 1. The zero-order valence-electron chi connectivity index (χ0n) is 19.5. The van der Waals surface area contributed by atoms with Crippen molar-refractivity contribution < 1.29 is 9.13 Å². The molecular formula is C26H27FN6O. The van der Waals surface area contributed by atoms with Crippen LogP contribution in [0.5, 0.6) is 5.88 Å². The lowest BCUT2D eigenvalue weighted by Crippen LogP contribution is -2.49. The summed E-state index contributed by atoms with van der Waals surface area (Å²) in [6.45, 7) is 6.60. The quantitative estimate of drug-likeness (QED) is 0.445. The summed E-state index contributed by atoms with van der Waals surface area (Å²) >= 11 is 0. The van der Waals surface area contributed by atoms with Gasteiger partial charge in [0.2, 0.25) is 5.88 Å². The van der Waals surface area contributed by atoms with Crippen LogP contribution in [0.2, 0.25) is 0 Å². The molecule has 2 atom stereocenters. The Hall–Kier alpha value is -3.52. The van der Waals surface area contributed by atoms with E-state index in [1.54, 1.807) is 25.4 Å². The molecular weight excluding hydrogens is 431 g/mol. The van der Waals surface area contributed by atoms with Crippen LogP contribution in [0.1, 0.15) is 20.3 Å². The SMILES string of the molecule is COc1cc(-c2c(-c3ccc(F)cc3)nc3ccc(N4CC5CC4CN5C(C)C)nn23)ccn1. The van der Waals surface area contributed by atoms with Crippen LogP contribution in [0, 0.1) is 5.82 Å². The van der Waals surface area contributed by atoms with E-state index in [9.17, 15) is 4.39 Å². The first-order valence-corrected chi connectivity index (χ1v) is 11.7. The minimum atomic E-state index is -0.278. The molecule has 3 aromatic heterocycles. The van der Waals surface area contributed by atoms with Gasteiger partial charge in [0, 0.05) is 54.6 Å². The third kappa shape index (κ3) is 3.40. The van der Waals surface area contributed by atoms with Gasteiger partial charge in [-0.2, -0.15) is 0 Å². The van der Waals surface area contributed by atoms with Crippen molar-refractivity contribution in [1.82, 2.24) is 24.5 Å². The zero-order valence-corrected chi connectivity index (χ0v) is 19.5. The van der Waals surface area contributed by atoms with Crippen molar-refractivity contribution in [2.24, 2.45) is 0 Å². The summed E-state index contributed by atoms with van der Waals surface area (Å²) in [5.74, 6) is 1.19. The van der Waals surface area contributed by atoms with Gasteiger partial charge in [-0.1, -0.05) is 0 Å². The topological polar surface area (TPSA) is 58.8 Å². The summed E-state index contributed by atoms with van der Waals surface area (Å²) in [7, 11) is 1.60. The first-order valence-electron chi connectivity index (χ1n) is 11.7. The van der Waals surface area contributed by atoms with Gasteiger partial charge in [-0.05, 0) is 62.7 Å². The third-order valence-corrected chi connectivity index (χ3v) is 7.04. The molecule has 0 spiro atoms. The van der Waals surface area contributed by atoms with Crippen molar-refractivity contribution in [3.05, 3.63) is 60.5 Å². The van der Waals surface area contributed by atoms with Crippen molar-refractivity contribution in [3.63, 3.8) is 0 Å². The molecule has 2 fully saturated rings. The summed E-state index contributed by atoms with van der Waals surface area (Å²) < 4.78 is 20.9. The average Bonchev–Trinajstić information content (AvgIpc) is 3.56. The van der Waals surface area contributed by atoms with Crippen LogP contribution in [-0.4, -0.2) is 62.8 Å². The van der Waals surface area contributed by atoms with Crippen LogP contribution in [0.4, 0.5) is 10.2 Å². The lowest BCUT2D eigenvalue weighted by molar-refractivity contribution is 0.191. The van der Waals surface area contributed by atoms with E-state index in [0.717, 1.165) is 47.1 Å². The van der Waals surface area contributed by atoms with Crippen LogP contribution < -0.4 is 9.64 Å². The highest BCUT2D eigenvalue weighted by molar-refractivity contribution is 5.82. The first kappa shape index (κ1) is 21.0. The number of nitrogens with zero attached hydrogens (tertiary/aromatic N) is 6. The molecule has 2 aliphatic heterocycles. The number of halogens is 1. The molecule has 6 rings (SSSR count). The Labute approximate surface area is 197 Å². The zero-order chi connectivity index (χ0) is 23.4. The fraction of sp³-hybridized carbons (Fsp3) is 0.346. The summed E-state index contributed by atoms with van der Waals surface area (Å²) in [5.41, 5.74) is 4.02. The van der Waals surface area contributed by atoms with Crippen molar-refractivity contribution in [2.75, 3.05) is 25.1 Å². The summed E-state index contributed by atoms with van der Waals surface area (Å²) in [5, 5.41) is 5.07. The fourth-order valence-corrected chi connectivity index (χ4v) is 5.42. The number of hydrogen-bond donors (Lipinski definition) is 0. The Morgan fingerprint density at radius 3 is 2.53 bits per heavy atom. The molecule has 2 unspecified atom stereocenters. The van der Waals surface area contributed by atoms with Gasteiger partial charge in [0.15, 0.2) is 5.65 Å². The molecule has 34 heavy (non-hydrogen) atoms. The Balaban J connectivity index is 1.48. The van der Waals surface area contributed by atoms with Crippen molar-refractivity contribution in [1.29, 1.82) is 0 Å². The minimum absolute atomic E-state index is 0.278. The molecule has 7 nitrogen and oxygen atoms in total. The van der Waals surface area contributed by atoms with Gasteiger partial charge in [-0.3, -0.25) is 4.90 Å². The van der Waals surface area contributed by atoms with Gasteiger partial charge in [0.05, 0.1) is 12.8 Å². The van der Waals surface area contributed by atoms with E-state index in [1.165, 1.54) is 18.6 Å². The van der Waals surface area contributed by atoms with Crippen LogP contribution in [0.25, 0.3) is 28.2 Å². The van der Waals surface area contributed by atoms with E-state index in [1.807, 2.05) is 22.7 Å². The highest BCUT2D eigenvalue weighted by atomic mass is 19.1. The van der Waals surface area contributed by atoms with Crippen molar-refractivity contribution >= 4 is 11.5 Å². The van der Waals surface area contributed by atoms with E-state index < -0.39 is 0 Å². The number of aromatic nitrogens is 4. The highest BCUT2D eigenvalue weighted by Gasteiger charge is 2.44. The number of rotatable bonds is 5. The van der Waals surface area contributed by atoms with Gasteiger partial charge in [0.1, 0.15) is 17.3 Å². The van der Waals surface area contributed by atoms with Crippen LogP contribution >= 0.6 is 0 Å². The van der Waals surface area contributed by atoms with Gasteiger partial charge in [0.25, 0.3) is 0 Å². The molecule has 0 radical (unpaired) electrons. The maximum absolute atomic E-state index is 13.6. The molecule has 174 valence electrons. The number of methoxy groups -OCH3 is 1. The summed E-state index contributed by atoms with van der Waals surface area (Å²) in [6, 6.07) is 15.9. The smallest absolute Gasteiger partial charge is 0.213 e. The number of ether oxygens (including phenoxy) is 1. The summed E-state index contributed by atoms with van der Waals surface area (Å²) in [6.07, 6.45) is 2.89. The van der Waals surface area contributed by atoms with E-state index in [-0.39, 0.29) is 5.82 Å². The number of anilines is 1. The number of benzene rings is 1. The number of piperazine rings is 1. The van der Waals surface area contributed by atoms with Crippen LogP contribution in [0.3, 0.4) is 0 Å². The predicted octanol–water partition coefficient (Wildman–Crippen LogP) is 4.28. The van der Waals surface area contributed by atoms with Crippen LogP contribution in [0.15, 0.2) is 54.7 Å². The fourth-order valence-electron chi connectivity index (χ4n) is 5.42. The Morgan fingerprint density at radius 2 is 1.82 bits per heavy atom. The molecule has 2 bridgehead atoms. The molecule has 1 aromatic carbocycles. The van der Waals surface area contributed by atoms with Crippen molar-refractivity contribution in [3.8, 4) is 28.4 Å². The van der Waals surface area contributed by atoms with Gasteiger partial charge in [-0.15, -0.1) is 5.10 Å². The van der Waals surface area contributed by atoms with Gasteiger partial charge >= 0.3 is 0 Å². The lowest BCUT2D eigenvalue weighted by Gasteiger charge is -2.36. The van der Waals surface area contributed by atoms with Crippen molar-refractivity contribution in [2.45, 2.75) is 38.4 Å². The average molecular weight is 459 g/mol. The van der Waals surface area contributed by atoms with E-state index in [4.69, 9.17) is 14.8 Å². The van der Waals surface area contributed by atoms with Crippen LogP contribution in [-0.2, 0) is 0 Å². The first-order chi connectivity index (χ1) is 16.5. The molecule has 2 aliphatic rings. The molecule has 8 heteroatoms. The van der Waals surface area contributed by atoms with E-state index in [0.29, 0.717) is 24.0 Å². The second-order valence-corrected chi connectivity index (χ2v) is 9.35. The van der Waals surface area contributed by atoms with E-state index in [2.05, 4.69) is 34.7 Å². The highest BCUT2D eigenvalue weighted by Crippen LogP contribution is 2.37. The third-order valence-electron chi connectivity index (χ3n) is 7.04. The molecule has 5 heterocycles. The number of hydrogen-bond acceptors (Lipinski definition) is 6. The standard InChI is InChI=1S/C26H27FN6O/c1-16(2)31-14-21-13-20(31)15-32(21)23-9-8-22-29-25(17-4-6-19(27)7-5-17)26(33(22)30-23)18-10-11-28-24(12-18)34-3/h4-12,16,20-21H,13-15H2,1-3H3. The number of fused-ring (bicyclic) bond motifs is 3. The maximum Gasteiger partial charge on any atom is 0.213 e.